The summed E-state index contributed by atoms with van der Waals surface area (Å²) in [5, 5.41) is 8.62. The molecule has 1 aromatic heterocycles. The van der Waals surface area contributed by atoms with Crippen LogP contribution in [0.3, 0.4) is 0 Å². The van der Waals surface area contributed by atoms with Crippen molar-refractivity contribution in [2.45, 2.75) is 18.2 Å². The van der Waals surface area contributed by atoms with E-state index in [1.165, 1.54) is 11.3 Å². The maximum atomic E-state index is 5.76. The van der Waals surface area contributed by atoms with E-state index in [9.17, 15) is 0 Å². The molecule has 0 amide bonds. The summed E-state index contributed by atoms with van der Waals surface area (Å²) in [4.78, 5) is 4.09. The monoisotopic (exact) mass is 256 g/mol. The van der Waals surface area contributed by atoms with Crippen molar-refractivity contribution < 1.29 is 0 Å². The minimum absolute atomic E-state index is 0.468. The predicted molar refractivity (Wildman–Crippen MR) is 65.7 cm³/mol. The first-order chi connectivity index (χ1) is 7.74. The fourth-order valence-electron chi connectivity index (χ4n) is 2.09. The van der Waals surface area contributed by atoms with E-state index >= 15 is 0 Å². The quantitative estimate of drug-likeness (QED) is 0.825. The molecule has 86 valence electrons. The lowest BCUT2D eigenvalue weighted by atomic mass is 10.3. The van der Waals surface area contributed by atoms with E-state index in [0.717, 1.165) is 6.54 Å². The van der Waals surface area contributed by atoms with Gasteiger partial charge in [0.05, 0.1) is 6.17 Å². The summed E-state index contributed by atoms with van der Waals surface area (Å²) in [6.45, 7) is 0.874. The van der Waals surface area contributed by atoms with Gasteiger partial charge in [-0.15, -0.1) is 11.8 Å². The normalized spacial score (nSPS) is 28.4. The number of rotatable bonds is 3. The van der Waals surface area contributed by atoms with Gasteiger partial charge in [0.2, 0.25) is 0 Å². The zero-order valence-electron chi connectivity index (χ0n) is 8.93. The number of aromatic nitrogens is 1. The van der Waals surface area contributed by atoms with Crippen LogP contribution < -0.4 is 5.32 Å². The molecule has 6 heteroatoms. The lowest BCUT2D eigenvalue weighted by Crippen LogP contribution is -2.67. The molecule has 0 spiro atoms. The average molecular weight is 257 g/mol. The fourth-order valence-corrected chi connectivity index (χ4v) is 3.53. The van der Waals surface area contributed by atoms with Crippen LogP contribution in [-0.2, 0) is 6.54 Å². The Bertz CT molecular complexity index is 371. The van der Waals surface area contributed by atoms with Gasteiger partial charge in [-0.2, -0.15) is 5.01 Å². The molecular formula is C10H13ClN4S. The highest BCUT2D eigenvalue weighted by Gasteiger charge is 2.46. The maximum absolute atomic E-state index is 5.76. The standard InChI is InChI=1S/C10H13ClN4S/c1-14(15-9-6-16-10(15)13-9)5-7-2-3-8(11)12-4-7/h2-4,9-10,13H,5-6H2,1H3. The van der Waals surface area contributed by atoms with E-state index in [-0.39, 0.29) is 0 Å². The summed E-state index contributed by atoms with van der Waals surface area (Å²) in [6.07, 6.45) is 2.35. The van der Waals surface area contributed by atoms with Gasteiger partial charge in [0.1, 0.15) is 10.7 Å². The molecule has 0 radical (unpaired) electrons. The minimum Gasteiger partial charge on any atom is -0.275 e. The average Bonchev–Trinajstić information content (AvgIpc) is 2.83. The predicted octanol–water partition coefficient (Wildman–Crippen LogP) is 1.34. The van der Waals surface area contributed by atoms with Crippen LogP contribution in [0, 0.1) is 0 Å². The number of hydrogen-bond acceptors (Lipinski definition) is 5. The molecule has 0 saturated carbocycles. The van der Waals surface area contributed by atoms with E-state index in [1.807, 2.05) is 30.1 Å². The second kappa shape index (κ2) is 4.16. The smallest absolute Gasteiger partial charge is 0.129 e. The molecule has 4 rings (SSSR count). The number of hydrazine groups is 1. The number of hydrogen-bond donors (Lipinski definition) is 1. The van der Waals surface area contributed by atoms with Crippen molar-refractivity contribution in [1.82, 2.24) is 20.3 Å². The lowest BCUT2D eigenvalue weighted by Gasteiger charge is -2.45. The van der Waals surface area contributed by atoms with Crippen molar-refractivity contribution in [2.24, 2.45) is 0 Å². The Labute approximate surface area is 104 Å². The number of halogens is 1. The maximum Gasteiger partial charge on any atom is 0.129 e. The van der Waals surface area contributed by atoms with Gasteiger partial charge in [-0.1, -0.05) is 17.7 Å². The molecule has 2 bridgehead atoms. The van der Waals surface area contributed by atoms with Gasteiger partial charge in [-0.05, 0) is 11.6 Å². The van der Waals surface area contributed by atoms with Crippen molar-refractivity contribution in [1.29, 1.82) is 0 Å². The van der Waals surface area contributed by atoms with Crippen LogP contribution >= 0.6 is 23.4 Å². The molecule has 3 saturated heterocycles. The van der Waals surface area contributed by atoms with Gasteiger partial charge in [-0.25, -0.2) is 9.99 Å². The third-order valence-electron chi connectivity index (χ3n) is 2.90. The molecule has 0 aromatic carbocycles. The van der Waals surface area contributed by atoms with E-state index in [2.05, 4.69) is 27.4 Å². The van der Waals surface area contributed by atoms with E-state index in [4.69, 9.17) is 11.6 Å². The number of thioether (sulfide) groups is 1. The van der Waals surface area contributed by atoms with Gasteiger partial charge < -0.3 is 0 Å². The van der Waals surface area contributed by atoms with Crippen LogP contribution in [0.2, 0.25) is 5.15 Å². The Morgan fingerprint density at radius 2 is 2.56 bits per heavy atom. The molecule has 1 N–H and O–H groups in total. The molecule has 4 heterocycles. The topological polar surface area (TPSA) is 31.4 Å². The molecule has 2 unspecified atom stereocenters. The summed E-state index contributed by atoms with van der Waals surface area (Å²) in [6, 6.07) is 3.86. The molecule has 3 fully saturated rings. The Kier molecular flexibility index (Phi) is 2.81. The van der Waals surface area contributed by atoms with E-state index in [0.29, 0.717) is 16.8 Å². The molecule has 0 aliphatic carbocycles. The van der Waals surface area contributed by atoms with Crippen molar-refractivity contribution in [3.05, 3.63) is 29.0 Å². The van der Waals surface area contributed by atoms with Crippen LogP contribution in [0.15, 0.2) is 18.3 Å². The summed E-state index contributed by atoms with van der Waals surface area (Å²) in [7, 11) is 2.11. The first-order valence-corrected chi connectivity index (χ1v) is 6.64. The summed E-state index contributed by atoms with van der Waals surface area (Å²) < 4.78 is 0. The molecule has 2 atom stereocenters. The number of fused-ring (bicyclic) bond motifs is 1. The van der Waals surface area contributed by atoms with Gasteiger partial charge in [0.25, 0.3) is 0 Å². The largest absolute Gasteiger partial charge is 0.275 e. The van der Waals surface area contributed by atoms with Gasteiger partial charge in [0, 0.05) is 25.5 Å². The Balaban J connectivity index is 1.64. The molecule has 3 aliphatic rings. The van der Waals surface area contributed by atoms with Gasteiger partial charge >= 0.3 is 0 Å². The molecule has 4 nitrogen and oxygen atoms in total. The second-order valence-electron chi connectivity index (χ2n) is 4.05. The van der Waals surface area contributed by atoms with Crippen LogP contribution in [-0.4, -0.2) is 39.5 Å². The Hall–Kier alpha value is -0.330. The highest BCUT2D eigenvalue weighted by Crippen LogP contribution is 2.36. The highest BCUT2D eigenvalue weighted by molar-refractivity contribution is 8.00. The minimum atomic E-state index is 0.468. The van der Waals surface area contributed by atoms with Crippen molar-refractivity contribution in [3.63, 3.8) is 0 Å². The number of nitrogens with zero attached hydrogens (tertiary/aromatic N) is 3. The van der Waals surface area contributed by atoms with Crippen LogP contribution in [0.25, 0.3) is 0 Å². The van der Waals surface area contributed by atoms with Crippen LogP contribution in [0.4, 0.5) is 0 Å². The third-order valence-corrected chi connectivity index (χ3v) is 4.30. The first kappa shape index (κ1) is 10.8. The summed E-state index contributed by atoms with van der Waals surface area (Å²) in [5.41, 5.74) is 1.65. The van der Waals surface area contributed by atoms with Gasteiger partial charge in [0.15, 0.2) is 0 Å². The summed E-state index contributed by atoms with van der Waals surface area (Å²) in [5.74, 6) is 1.17. The van der Waals surface area contributed by atoms with Crippen molar-refractivity contribution in [3.8, 4) is 0 Å². The SMILES string of the molecule is CN(Cc1ccc(Cl)nc1)N1C2CSC1N2. The molecule has 1 aromatic rings. The number of nitrogens with one attached hydrogen (secondary N) is 1. The van der Waals surface area contributed by atoms with Crippen molar-refractivity contribution in [2.75, 3.05) is 12.8 Å². The zero-order valence-corrected chi connectivity index (χ0v) is 10.5. The molecule has 3 aliphatic heterocycles. The van der Waals surface area contributed by atoms with Crippen LogP contribution in [0.1, 0.15) is 5.56 Å². The van der Waals surface area contributed by atoms with E-state index < -0.39 is 0 Å². The zero-order chi connectivity index (χ0) is 11.1. The fraction of sp³-hybridized carbons (Fsp3) is 0.500. The first-order valence-electron chi connectivity index (χ1n) is 5.21. The number of pyridine rings is 1. The highest BCUT2D eigenvalue weighted by atomic mass is 35.5. The Morgan fingerprint density at radius 1 is 1.69 bits per heavy atom. The third kappa shape index (κ3) is 1.83. The summed E-state index contributed by atoms with van der Waals surface area (Å²) >= 11 is 7.71. The Morgan fingerprint density at radius 3 is 3.12 bits per heavy atom. The second-order valence-corrected chi connectivity index (χ2v) is 5.55. The lowest BCUT2D eigenvalue weighted by molar-refractivity contribution is -0.126. The molecular weight excluding hydrogens is 244 g/mol. The molecule has 16 heavy (non-hydrogen) atoms. The van der Waals surface area contributed by atoms with Crippen molar-refractivity contribution >= 4 is 23.4 Å². The van der Waals surface area contributed by atoms with Crippen LogP contribution in [0.5, 0.6) is 0 Å². The van der Waals surface area contributed by atoms with Gasteiger partial charge in [-0.3, -0.25) is 5.32 Å². The van der Waals surface area contributed by atoms with E-state index in [1.54, 1.807) is 0 Å².